The number of hydrogen-bond acceptors (Lipinski definition) is 4. The van der Waals surface area contributed by atoms with E-state index in [1.54, 1.807) is 6.20 Å². The molecule has 0 aliphatic rings. The largest absolute Gasteiger partial charge is 0.374 e. The monoisotopic (exact) mass is 242 g/mol. The fraction of sp³-hybridized carbons (Fsp3) is 0.286. The van der Waals surface area contributed by atoms with E-state index in [1.807, 2.05) is 55.5 Å². The van der Waals surface area contributed by atoms with Crippen molar-refractivity contribution in [3.63, 3.8) is 0 Å². The molecule has 1 atom stereocenters. The summed E-state index contributed by atoms with van der Waals surface area (Å²) in [5.74, 6) is 0.931. The second kappa shape index (κ2) is 5.49. The molecule has 1 unspecified atom stereocenters. The molecule has 0 saturated carbocycles. The van der Waals surface area contributed by atoms with Crippen LogP contribution in [0.1, 0.15) is 18.7 Å². The molecule has 2 rings (SSSR count). The average molecular weight is 242 g/mol. The zero-order valence-corrected chi connectivity index (χ0v) is 11.0. The Bertz CT molecular complexity index is 496. The molecule has 0 saturated heterocycles. The lowest BCUT2D eigenvalue weighted by Crippen LogP contribution is -2.15. The molecule has 0 aromatic carbocycles. The normalized spacial score (nSPS) is 11.9. The zero-order chi connectivity index (χ0) is 13.0. The summed E-state index contributed by atoms with van der Waals surface area (Å²) in [5.41, 5.74) is 2.03. The van der Waals surface area contributed by atoms with E-state index in [1.165, 1.54) is 0 Å². The van der Waals surface area contributed by atoms with Gasteiger partial charge in [0.25, 0.3) is 0 Å². The van der Waals surface area contributed by atoms with Gasteiger partial charge >= 0.3 is 0 Å². The van der Waals surface area contributed by atoms with Gasteiger partial charge in [0, 0.05) is 26.5 Å². The third-order valence-corrected chi connectivity index (χ3v) is 2.71. The van der Waals surface area contributed by atoms with Crippen molar-refractivity contribution in [2.75, 3.05) is 24.3 Å². The van der Waals surface area contributed by atoms with Crippen LogP contribution in [0.25, 0.3) is 0 Å². The maximum Gasteiger partial charge on any atom is 0.151 e. The summed E-state index contributed by atoms with van der Waals surface area (Å²) in [6, 6.07) is 10.0. The van der Waals surface area contributed by atoms with E-state index >= 15 is 0 Å². The van der Waals surface area contributed by atoms with Crippen molar-refractivity contribution < 1.29 is 0 Å². The summed E-state index contributed by atoms with van der Waals surface area (Å²) in [5, 5.41) is 3.44. The molecule has 0 aliphatic carbocycles. The summed E-state index contributed by atoms with van der Waals surface area (Å²) in [6.45, 7) is 2.09. The van der Waals surface area contributed by atoms with Crippen molar-refractivity contribution in [1.82, 2.24) is 9.97 Å². The SMILES string of the molecule is CC(Nc1cccnc1N(C)C)c1ccccn1. The fourth-order valence-electron chi connectivity index (χ4n) is 1.81. The van der Waals surface area contributed by atoms with Crippen LogP contribution in [-0.4, -0.2) is 24.1 Å². The van der Waals surface area contributed by atoms with Crippen LogP contribution in [-0.2, 0) is 0 Å². The van der Waals surface area contributed by atoms with Gasteiger partial charge in [-0.1, -0.05) is 6.07 Å². The number of pyridine rings is 2. The molecule has 0 amide bonds. The van der Waals surface area contributed by atoms with E-state index in [9.17, 15) is 0 Å². The third-order valence-electron chi connectivity index (χ3n) is 2.71. The number of anilines is 2. The first-order valence-electron chi connectivity index (χ1n) is 5.98. The molecule has 0 aliphatic heterocycles. The summed E-state index contributed by atoms with van der Waals surface area (Å²) in [7, 11) is 3.97. The minimum Gasteiger partial charge on any atom is -0.374 e. The molecule has 2 aromatic heterocycles. The second-order valence-electron chi connectivity index (χ2n) is 4.39. The predicted molar refractivity (Wildman–Crippen MR) is 74.8 cm³/mol. The quantitative estimate of drug-likeness (QED) is 0.895. The van der Waals surface area contributed by atoms with Crippen molar-refractivity contribution >= 4 is 11.5 Å². The van der Waals surface area contributed by atoms with Crippen LogP contribution in [0.15, 0.2) is 42.7 Å². The maximum atomic E-state index is 4.37. The molecule has 1 N–H and O–H groups in total. The predicted octanol–water partition coefficient (Wildman–Crippen LogP) is 2.72. The van der Waals surface area contributed by atoms with Gasteiger partial charge in [0.05, 0.1) is 17.4 Å². The molecule has 94 valence electrons. The van der Waals surface area contributed by atoms with Crippen LogP contribution >= 0.6 is 0 Å². The van der Waals surface area contributed by atoms with Crippen molar-refractivity contribution in [2.45, 2.75) is 13.0 Å². The number of aromatic nitrogens is 2. The number of nitrogens with zero attached hydrogens (tertiary/aromatic N) is 3. The van der Waals surface area contributed by atoms with Gasteiger partial charge in [-0.25, -0.2) is 4.98 Å². The van der Waals surface area contributed by atoms with E-state index in [4.69, 9.17) is 0 Å². The molecular formula is C14H18N4. The van der Waals surface area contributed by atoms with Crippen molar-refractivity contribution in [1.29, 1.82) is 0 Å². The van der Waals surface area contributed by atoms with Gasteiger partial charge in [-0.2, -0.15) is 0 Å². The molecule has 4 heteroatoms. The van der Waals surface area contributed by atoms with Gasteiger partial charge in [-0.05, 0) is 31.2 Å². The van der Waals surface area contributed by atoms with E-state index in [0.29, 0.717) is 0 Å². The Morgan fingerprint density at radius 3 is 2.50 bits per heavy atom. The lowest BCUT2D eigenvalue weighted by Gasteiger charge is -2.20. The highest BCUT2D eigenvalue weighted by molar-refractivity contribution is 5.65. The summed E-state index contributed by atoms with van der Waals surface area (Å²) >= 11 is 0. The van der Waals surface area contributed by atoms with Gasteiger partial charge < -0.3 is 10.2 Å². The number of hydrogen-bond donors (Lipinski definition) is 1. The van der Waals surface area contributed by atoms with Crippen LogP contribution < -0.4 is 10.2 Å². The number of rotatable bonds is 4. The van der Waals surface area contributed by atoms with Gasteiger partial charge in [0.1, 0.15) is 0 Å². The Morgan fingerprint density at radius 2 is 1.83 bits per heavy atom. The smallest absolute Gasteiger partial charge is 0.151 e. The highest BCUT2D eigenvalue weighted by atomic mass is 15.2. The highest BCUT2D eigenvalue weighted by Gasteiger charge is 2.10. The third kappa shape index (κ3) is 2.77. The fourth-order valence-corrected chi connectivity index (χ4v) is 1.81. The molecule has 18 heavy (non-hydrogen) atoms. The van der Waals surface area contributed by atoms with Crippen molar-refractivity contribution in [2.24, 2.45) is 0 Å². The standard InChI is InChI=1S/C14H18N4/c1-11(12-7-4-5-9-15-12)17-13-8-6-10-16-14(13)18(2)3/h4-11,17H,1-3H3. The molecule has 0 bridgehead atoms. The van der Waals surface area contributed by atoms with Gasteiger partial charge in [0.15, 0.2) is 5.82 Å². The van der Waals surface area contributed by atoms with E-state index in [2.05, 4.69) is 22.2 Å². The summed E-state index contributed by atoms with van der Waals surface area (Å²) < 4.78 is 0. The Labute approximate surface area is 108 Å². The van der Waals surface area contributed by atoms with Crippen LogP contribution in [0.4, 0.5) is 11.5 Å². The minimum absolute atomic E-state index is 0.147. The summed E-state index contributed by atoms with van der Waals surface area (Å²) in [4.78, 5) is 10.7. The first-order chi connectivity index (χ1) is 8.68. The molecule has 0 fully saturated rings. The Kier molecular flexibility index (Phi) is 3.77. The maximum absolute atomic E-state index is 4.37. The van der Waals surface area contributed by atoms with Crippen LogP contribution in [0.2, 0.25) is 0 Å². The lowest BCUT2D eigenvalue weighted by atomic mass is 10.2. The van der Waals surface area contributed by atoms with Crippen LogP contribution in [0.5, 0.6) is 0 Å². The van der Waals surface area contributed by atoms with E-state index < -0.39 is 0 Å². The molecule has 2 aromatic rings. The highest BCUT2D eigenvalue weighted by Crippen LogP contribution is 2.24. The minimum atomic E-state index is 0.147. The first kappa shape index (κ1) is 12.4. The van der Waals surface area contributed by atoms with E-state index in [-0.39, 0.29) is 6.04 Å². The van der Waals surface area contributed by atoms with Crippen LogP contribution in [0, 0.1) is 0 Å². The lowest BCUT2D eigenvalue weighted by molar-refractivity contribution is 0.836. The Hall–Kier alpha value is -2.10. The topological polar surface area (TPSA) is 41.1 Å². The molecule has 2 heterocycles. The second-order valence-corrected chi connectivity index (χ2v) is 4.39. The Morgan fingerprint density at radius 1 is 1.06 bits per heavy atom. The molecule has 0 spiro atoms. The van der Waals surface area contributed by atoms with Crippen molar-refractivity contribution in [3.05, 3.63) is 48.4 Å². The van der Waals surface area contributed by atoms with Crippen molar-refractivity contribution in [3.8, 4) is 0 Å². The van der Waals surface area contributed by atoms with Gasteiger partial charge in [0.2, 0.25) is 0 Å². The average Bonchev–Trinajstić information content (AvgIpc) is 2.40. The summed E-state index contributed by atoms with van der Waals surface area (Å²) in [6.07, 6.45) is 3.61. The number of nitrogens with one attached hydrogen (secondary N) is 1. The van der Waals surface area contributed by atoms with Gasteiger partial charge in [-0.15, -0.1) is 0 Å². The zero-order valence-electron chi connectivity index (χ0n) is 11.0. The Balaban J connectivity index is 2.19. The molecule has 0 radical (unpaired) electrons. The van der Waals surface area contributed by atoms with Gasteiger partial charge in [-0.3, -0.25) is 4.98 Å². The molecule has 4 nitrogen and oxygen atoms in total. The van der Waals surface area contributed by atoms with Crippen LogP contribution in [0.3, 0.4) is 0 Å². The molecular weight excluding hydrogens is 224 g/mol. The first-order valence-corrected chi connectivity index (χ1v) is 5.98. The van der Waals surface area contributed by atoms with E-state index in [0.717, 1.165) is 17.2 Å².